The summed E-state index contributed by atoms with van der Waals surface area (Å²) in [5.41, 5.74) is 0. The number of hydrogen-bond donors (Lipinski definition) is 1. The molecule has 1 aromatic rings. The standard InChI is InChI=1S/C11H13Cl2NO3S/c12-9-4-1-5-10(11(9)13)18(16,17)14-6-2-3-8(15)7-14/h1,4-5,8,15H,2-3,6-7H2/t8-/m0/s1. The van der Waals surface area contributed by atoms with E-state index >= 15 is 0 Å². The van der Waals surface area contributed by atoms with Crippen LogP contribution in [0.1, 0.15) is 12.8 Å². The molecular formula is C11H13Cl2NO3S. The number of piperidine rings is 1. The van der Waals surface area contributed by atoms with E-state index in [1.165, 1.54) is 16.4 Å². The molecule has 1 fully saturated rings. The second kappa shape index (κ2) is 5.35. The van der Waals surface area contributed by atoms with E-state index in [9.17, 15) is 13.5 Å². The highest BCUT2D eigenvalue weighted by Crippen LogP contribution is 2.31. The van der Waals surface area contributed by atoms with Crippen LogP contribution in [-0.2, 0) is 10.0 Å². The van der Waals surface area contributed by atoms with E-state index in [1.807, 2.05) is 0 Å². The van der Waals surface area contributed by atoms with Crippen LogP contribution in [-0.4, -0.2) is 37.0 Å². The van der Waals surface area contributed by atoms with Gasteiger partial charge in [-0.3, -0.25) is 0 Å². The van der Waals surface area contributed by atoms with Crippen LogP contribution in [0.3, 0.4) is 0 Å². The Labute approximate surface area is 116 Å². The highest BCUT2D eigenvalue weighted by atomic mass is 35.5. The SMILES string of the molecule is O=S(=O)(c1cccc(Cl)c1Cl)N1CCC[C@H](O)C1. The molecule has 18 heavy (non-hydrogen) atoms. The maximum atomic E-state index is 12.4. The van der Waals surface area contributed by atoms with Crippen LogP contribution in [0.2, 0.25) is 10.0 Å². The number of rotatable bonds is 2. The fourth-order valence-electron chi connectivity index (χ4n) is 1.96. The molecule has 100 valence electrons. The number of β-amino-alcohol motifs (C(OH)–C–C–N with tert-alkyl or cyclic N) is 1. The minimum absolute atomic E-state index is 0.00855. The average molecular weight is 310 g/mol. The zero-order chi connectivity index (χ0) is 13.3. The Morgan fingerprint density at radius 2 is 2.06 bits per heavy atom. The highest BCUT2D eigenvalue weighted by molar-refractivity contribution is 7.89. The maximum Gasteiger partial charge on any atom is 0.244 e. The Hall–Kier alpha value is -0.330. The van der Waals surface area contributed by atoms with E-state index in [0.29, 0.717) is 19.4 Å². The molecule has 1 aliphatic rings. The third-order valence-corrected chi connectivity index (χ3v) is 5.73. The molecule has 0 saturated carbocycles. The first kappa shape index (κ1) is 14.1. The molecule has 0 unspecified atom stereocenters. The molecule has 0 aliphatic carbocycles. The number of aliphatic hydroxyl groups is 1. The van der Waals surface area contributed by atoms with Crippen LogP contribution >= 0.6 is 23.2 Å². The number of halogens is 2. The highest BCUT2D eigenvalue weighted by Gasteiger charge is 2.31. The van der Waals surface area contributed by atoms with Gasteiger partial charge in [-0.15, -0.1) is 0 Å². The van der Waals surface area contributed by atoms with Gasteiger partial charge >= 0.3 is 0 Å². The normalized spacial score (nSPS) is 22.1. The fourth-order valence-corrected chi connectivity index (χ4v) is 4.21. The van der Waals surface area contributed by atoms with Crippen molar-refractivity contribution in [2.45, 2.75) is 23.8 Å². The molecule has 0 amide bonds. The van der Waals surface area contributed by atoms with E-state index in [4.69, 9.17) is 23.2 Å². The molecule has 1 heterocycles. The molecule has 1 aromatic carbocycles. The first-order chi connectivity index (χ1) is 8.43. The zero-order valence-corrected chi connectivity index (χ0v) is 11.8. The number of aliphatic hydroxyl groups excluding tert-OH is 1. The van der Waals surface area contributed by atoms with Crippen molar-refractivity contribution in [2.24, 2.45) is 0 Å². The van der Waals surface area contributed by atoms with E-state index in [-0.39, 0.29) is 21.5 Å². The van der Waals surface area contributed by atoms with Gasteiger partial charge in [-0.1, -0.05) is 29.3 Å². The molecule has 1 saturated heterocycles. The molecule has 1 atom stereocenters. The van der Waals surface area contributed by atoms with Gasteiger partial charge in [0.05, 0.1) is 16.1 Å². The van der Waals surface area contributed by atoms with Crippen molar-refractivity contribution in [3.8, 4) is 0 Å². The van der Waals surface area contributed by atoms with Crippen molar-refractivity contribution < 1.29 is 13.5 Å². The molecule has 0 spiro atoms. The van der Waals surface area contributed by atoms with Crippen LogP contribution in [0, 0.1) is 0 Å². The molecule has 2 rings (SSSR count). The van der Waals surface area contributed by atoms with Gasteiger partial charge in [-0.05, 0) is 25.0 Å². The minimum atomic E-state index is -3.69. The van der Waals surface area contributed by atoms with E-state index in [1.54, 1.807) is 6.07 Å². The van der Waals surface area contributed by atoms with E-state index in [0.717, 1.165) is 0 Å². The topological polar surface area (TPSA) is 57.6 Å². The molecule has 0 aromatic heterocycles. The molecule has 0 bridgehead atoms. The average Bonchev–Trinajstić information content (AvgIpc) is 2.32. The third kappa shape index (κ3) is 2.65. The summed E-state index contributed by atoms with van der Waals surface area (Å²) in [6, 6.07) is 4.50. The lowest BCUT2D eigenvalue weighted by atomic mass is 10.1. The minimum Gasteiger partial charge on any atom is -0.392 e. The second-order valence-corrected chi connectivity index (χ2v) is 6.90. The summed E-state index contributed by atoms with van der Waals surface area (Å²) in [6.45, 7) is 0.493. The molecule has 1 aliphatic heterocycles. The van der Waals surface area contributed by atoms with Crippen molar-refractivity contribution in [1.82, 2.24) is 4.31 Å². The summed E-state index contributed by atoms with van der Waals surface area (Å²) < 4.78 is 26.0. The van der Waals surface area contributed by atoms with Crippen molar-refractivity contribution in [1.29, 1.82) is 0 Å². The Balaban J connectivity index is 2.39. The summed E-state index contributed by atoms with van der Waals surface area (Å²) in [5, 5.41) is 9.78. The lowest BCUT2D eigenvalue weighted by Crippen LogP contribution is -2.42. The molecule has 1 N–H and O–H groups in total. The van der Waals surface area contributed by atoms with Gasteiger partial charge in [0.15, 0.2) is 0 Å². The number of sulfonamides is 1. The van der Waals surface area contributed by atoms with Gasteiger partial charge in [0, 0.05) is 13.1 Å². The van der Waals surface area contributed by atoms with Gasteiger partial charge in [0.25, 0.3) is 0 Å². The summed E-state index contributed by atoms with van der Waals surface area (Å²) in [4.78, 5) is -0.00855. The van der Waals surface area contributed by atoms with Gasteiger partial charge in [0.2, 0.25) is 10.0 Å². The Morgan fingerprint density at radius 3 is 2.72 bits per heavy atom. The Kier molecular flexibility index (Phi) is 4.18. The van der Waals surface area contributed by atoms with Gasteiger partial charge in [-0.25, -0.2) is 8.42 Å². The van der Waals surface area contributed by atoms with Crippen molar-refractivity contribution in [3.05, 3.63) is 28.2 Å². The summed E-state index contributed by atoms with van der Waals surface area (Å²) >= 11 is 11.8. The van der Waals surface area contributed by atoms with Crippen molar-refractivity contribution in [2.75, 3.05) is 13.1 Å². The molecule has 4 nitrogen and oxygen atoms in total. The second-order valence-electron chi connectivity index (χ2n) is 4.21. The molecule has 0 radical (unpaired) electrons. The lowest BCUT2D eigenvalue weighted by Gasteiger charge is -2.29. The van der Waals surface area contributed by atoms with Gasteiger partial charge < -0.3 is 5.11 Å². The first-order valence-corrected chi connectivity index (χ1v) is 7.75. The largest absolute Gasteiger partial charge is 0.392 e. The maximum absolute atomic E-state index is 12.4. The number of hydrogen-bond acceptors (Lipinski definition) is 3. The van der Waals surface area contributed by atoms with Crippen LogP contribution in [0.5, 0.6) is 0 Å². The fraction of sp³-hybridized carbons (Fsp3) is 0.455. The summed E-state index contributed by atoms with van der Waals surface area (Å²) in [7, 11) is -3.69. The number of nitrogens with zero attached hydrogens (tertiary/aromatic N) is 1. The first-order valence-electron chi connectivity index (χ1n) is 5.55. The van der Waals surface area contributed by atoms with Gasteiger partial charge in [-0.2, -0.15) is 4.31 Å². The van der Waals surface area contributed by atoms with Crippen LogP contribution in [0.4, 0.5) is 0 Å². The van der Waals surface area contributed by atoms with Crippen molar-refractivity contribution >= 4 is 33.2 Å². The van der Waals surface area contributed by atoms with Crippen molar-refractivity contribution in [3.63, 3.8) is 0 Å². The molecular weight excluding hydrogens is 297 g/mol. The lowest BCUT2D eigenvalue weighted by molar-refractivity contribution is 0.108. The van der Waals surface area contributed by atoms with E-state index < -0.39 is 16.1 Å². The van der Waals surface area contributed by atoms with Crippen LogP contribution < -0.4 is 0 Å². The van der Waals surface area contributed by atoms with Crippen LogP contribution in [0.15, 0.2) is 23.1 Å². The third-order valence-electron chi connectivity index (χ3n) is 2.89. The Bertz CT molecular complexity index is 547. The van der Waals surface area contributed by atoms with Gasteiger partial charge in [0.1, 0.15) is 4.90 Å². The monoisotopic (exact) mass is 309 g/mol. The summed E-state index contributed by atoms with van der Waals surface area (Å²) in [5.74, 6) is 0. The van der Waals surface area contributed by atoms with Crippen LogP contribution in [0.25, 0.3) is 0 Å². The quantitative estimate of drug-likeness (QED) is 0.910. The van der Waals surface area contributed by atoms with E-state index in [2.05, 4.69) is 0 Å². The summed E-state index contributed by atoms with van der Waals surface area (Å²) in [6.07, 6.45) is 0.639. The number of benzene rings is 1. The zero-order valence-electron chi connectivity index (χ0n) is 9.51. The molecule has 7 heteroatoms. The predicted octanol–water partition coefficient (Wildman–Crippen LogP) is 2.14. The smallest absolute Gasteiger partial charge is 0.244 e. The Morgan fingerprint density at radius 1 is 1.33 bits per heavy atom. The predicted molar refractivity (Wildman–Crippen MR) is 70.5 cm³/mol.